The molecule has 3 rings (SSSR count). The molecule has 0 fully saturated rings. The lowest BCUT2D eigenvalue weighted by molar-refractivity contribution is 0.333. The van der Waals surface area contributed by atoms with Crippen molar-refractivity contribution in [2.45, 2.75) is 19.6 Å². The fourth-order valence-electron chi connectivity index (χ4n) is 2.27. The van der Waals surface area contributed by atoms with Gasteiger partial charge in [-0.1, -0.05) is 0 Å². The molecule has 7 nitrogen and oxygen atoms in total. The van der Waals surface area contributed by atoms with Gasteiger partial charge in [-0.25, -0.2) is 13.4 Å². The zero-order chi connectivity index (χ0) is 13.5. The fourth-order valence-corrected chi connectivity index (χ4v) is 3.03. The number of nitrogens with zero attached hydrogens (tertiary/aromatic N) is 5. The van der Waals surface area contributed by atoms with Crippen LogP contribution in [0.3, 0.4) is 0 Å². The molecule has 0 saturated heterocycles. The van der Waals surface area contributed by atoms with Crippen molar-refractivity contribution < 1.29 is 8.42 Å². The first kappa shape index (κ1) is 12.4. The van der Waals surface area contributed by atoms with Crippen LogP contribution in [0.1, 0.15) is 11.5 Å². The monoisotopic (exact) mass is 281 g/mol. The summed E-state index contributed by atoms with van der Waals surface area (Å²) in [6.45, 7) is 2.13. The second-order valence-electron chi connectivity index (χ2n) is 4.62. The van der Waals surface area contributed by atoms with Gasteiger partial charge in [0.05, 0.1) is 31.2 Å². The van der Waals surface area contributed by atoms with Crippen molar-refractivity contribution in [3.63, 3.8) is 0 Å². The molecule has 0 atom stereocenters. The Hall–Kier alpha value is -1.67. The van der Waals surface area contributed by atoms with Crippen molar-refractivity contribution in [1.29, 1.82) is 0 Å². The molecule has 2 aromatic rings. The van der Waals surface area contributed by atoms with Gasteiger partial charge in [0.25, 0.3) is 0 Å². The number of aromatic nitrogens is 4. The average molecular weight is 281 g/mol. The summed E-state index contributed by atoms with van der Waals surface area (Å²) in [4.78, 5) is 4.32. The van der Waals surface area contributed by atoms with Gasteiger partial charge in [-0.3, -0.25) is 4.68 Å². The van der Waals surface area contributed by atoms with Gasteiger partial charge in [-0.05, 0) is 6.07 Å². The molecule has 0 radical (unpaired) electrons. The lowest BCUT2D eigenvalue weighted by Gasteiger charge is -2.26. The Kier molecular flexibility index (Phi) is 2.90. The van der Waals surface area contributed by atoms with Gasteiger partial charge < -0.3 is 4.57 Å². The van der Waals surface area contributed by atoms with Crippen molar-refractivity contribution in [2.75, 3.05) is 12.8 Å². The molecule has 0 aromatic carbocycles. The molecule has 19 heavy (non-hydrogen) atoms. The summed E-state index contributed by atoms with van der Waals surface area (Å²) >= 11 is 0. The van der Waals surface area contributed by atoms with E-state index in [-0.39, 0.29) is 0 Å². The molecular formula is C11H15N5O2S. The summed E-state index contributed by atoms with van der Waals surface area (Å²) in [5.74, 6) is 0.791. The van der Waals surface area contributed by atoms with Crippen molar-refractivity contribution in [3.8, 4) is 0 Å². The third-order valence-corrected chi connectivity index (χ3v) is 4.51. The Morgan fingerprint density at radius 1 is 1.37 bits per heavy atom. The van der Waals surface area contributed by atoms with Gasteiger partial charge in [0.1, 0.15) is 5.82 Å². The number of fused-ring (bicyclic) bond motifs is 1. The Balaban J connectivity index is 1.84. The van der Waals surface area contributed by atoms with E-state index >= 15 is 0 Å². The van der Waals surface area contributed by atoms with Crippen molar-refractivity contribution in [3.05, 3.63) is 36.2 Å². The van der Waals surface area contributed by atoms with Gasteiger partial charge in [0, 0.05) is 25.5 Å². The number of rotatable bonds is 3. The van der Waals surface area contributed by atoms with Crippen molar-refractivity contribution in [1.82, 2.24) is 23.6 Å². The SMILES string of the molecule is CS(=O)(=O)N1CCn2c(Cn3cccn3)cnc2C1. The highest BCUT2D eigenvalue weighted by Crippen LogP contribution is 2.16. The second kappa shape index (κ2) is 4.46. The second-order valence-corrected chi connectivity index (χ2v) is 6.60. The third kappa shape index (κ3) is 2.41. The standard InChI is InChI=1S/C11H15N5O2S/c1-19(17,18)15-5-6-16-10(7-12-11(16)9-15)8-14-4-2-3-13-14/h2-4,7H,5-6,8-9H2,1H3. The molecule has 2 aromatic heterocycles. The maximum absolute atomic E-state index is 11.5. The lowest BCUT2D eigenvalue weighted by atomic mass is 10.4. The molecule has 0 amide bonds. The zero-order valence-corrected chi connectivity index (χ0v) is 11.4. The zero-order valence-electron chi connectivity index (χ0n) is 10.6. The van der Waals surface area contributed by atoms with Crippen LogP contribution in [0.4, 0.5) is 0 Å². The van der Waals surface area contributed by atoms with Gasteiger partial charge in [0.15, 0.2) is 0 Å². The molecule has 0 aliphatic carbocycles. The van der Waals surface area contributed by atoms with Crippen LogP contribution in [0.15, 0.2) is 24.7 Å². The van der Waals surface area contributed by atoms with E-state index in [0.717, 1.165) is 11.5 Å². The van der Waals surface area contributed by atoms with E-state index in [2.05, 4.69) is 14.6 Å². The lowest BCUT2D eigenvalue weighted by Crippen LogP contribution is -2.38. The number of sulfonamides is 1. The predicted molar refractivity (Wildman–Crippen MR) is 68.8 cm³/mol. The molecule has 3 heterocycles. The first-order valence-corrected chi connectivity index (χ1v) is 7.85. The van der Waals surface area contributed by atoms with Crippen LogP contribution in [0.25, 0.3) is 0 Å². The largest absolute Gasteiger partial charge is 0.328 e. The van der Waals surface area contributed by atoms with Crippen LogP contribution in [-0.4, -0.2) is 44.9 Å². The van der Waals surface area contributed by atoms with Crippen LogP contribution in [-0.2, 0) is 29.7 Å². The Bertz CT molecular complexity index is 674. The quantitative estimate of drug-likeness (QED) is 0.787. The molecule has 8 heteroatoms. The summed E-state index contributed by atoms with van der Waals surface area (Å²) in [6.07, 6.45) is 6.66. The van der Waals surface area contributed by atoms with Crippen molar-refractivity contribution >= 4 is 10.0 Å². The van der Waals surface area contributed by atoms with Crippen molar-refractivity contribution in [2.24, 2.45) is 0 Å². The minimum atomic E-state index is -3.15. The molecule has 102 valence electrons. The molecule has 1 aliphatic rings. The van der Waals surface area contributed by atoms with Crippen LogP contribution in [0, 0.1) is 0 Å². The first-order chi connectivity index (χ1) is 9.04. The summed E-state index contributed by atoms with van der Waals surface area (Å²) < 4.78 is 28.4. The fraction of sp³-hybridized carbons (Fsp3) is 0.455. The Labute approximate surface area is 111 Å². The number of imidazole rings is 1. The summed E-state index contributed by atoms with van der Waals surface area (Å²) in [6, 6.07) is 1.87. The van der Waals surface area contributed by atoms with Crippen LogP contribution in [0.5, 0.6) is 0 Å². The molecule has 0 spiro atoms. The summed E-state index contributed by atoms with van der Waals surface area (Å²) in [7, 11) is -3.15. The van der Waals surface area contributed by atoms with E-state index in [1.165, 1.54) is 10.6 Å². The molecular weight excluding hydrogens is 266 g/mol. The highest BCUT2D eigenvalue weighted by molar-refractivity contribution is 7.88. The molecule has 0 saturated carbocycles. The normalized spacial score (nSPS) is 16.5. The molecule has 0 bridgehead atoms. The smallest absolute Gasteiger partial charge is 0.211 e. The van der Waals surface area contributed by atoms with E-state index in [0.29, 0.717) is 26.2 Å². The van der Waals surface area contributed by atoms with E-state index in [9.17, 15) is 8.42 Å². The molecule has 0 N–H and O–H groups in total. The van der Waals surface area contributed by atoms with Crippen LogP contribution in [0.2, 0.25) is 0 Å². The molecule has 0 unspecified atom stereocenters. The van der Waals surface area contributed by atoms with Gasteiger partial charge in [0.2, 0.25) is 10.0 Å². The maximum Gasteiger partial charge on any atom is 0.211 e. The van der Waals surface area contributed by atoms with Crippen LogP contribution < -0.4 is 0 Å². The number of hydrogen-bond acceptors (Lipinski definition) is 4. The number of hydrogen-bond donors (Lipinski definition) is 0. The third-order valence-electron chi connectivity index (χ3n) is 3.26. The van der Waals surface area contributed by atoms with Gasteiger partial charge in [-0.2, -0.15) is 9.40 Å². The van der Waals surface area contributed by atoms with Gasteiger partial charge in [-0.15, -0.1) is 0 Å². The highest BCUT2D eigenvalue weighted by Gasteiger charge is 2.25. The topological polar surface area (TPSA) is 73.0 Å². The average Bonchev–Trinajstić information content (AvgIpc) is 2.98. The minimum absolute atomic E-state index is 0.345. The van der Waals surface area contributed by atoms with E-state index < -0.39 is 10.0 Å². The predicted octanol–water partition coefficient (Wildman–Crippen LogP) is -0.0969. The molecule has 1 aliphatic heterocycles. The first-order valence-electron chi connectivity index (χ1n) is 6.00. The summed E-state index contributed by atoms with van der Waals surface area (Å²) in [5, 5.41) is 4.16. The van der Waals surface area contributed by atoms with E-state index in [1.54, 1.807) is 12.4 Å². The summed E-state index contributed by atoms with van der Waals surface area (Å²) in [5.41, 5.74) is 1.05. The van der Waals surface area contributed by atoms with Gasteiger partial charge >= 0.3 is 0 Å². The Morgan fingerprint density at radius 3 is 2.89 bits per heavy atom. The maximum atomic E-state index is 11.5. The minimum Gasteiger partial charge on any atom is -0.328 e. The van der Waals surface area contributed by atoms with E-state index in [4.69, 9.17) is 0 Å². The van der Waals surface area contributed by atoms with Crippen LogP contribution >= 0.6 is 0 Å². The highest BCUT2D eigenvalue weighted by atomic mass is 32.2. The Morgan fingerprint density at radius 2 is 2.21 bits per heavy atom. The van der Waals surface area contributed by atoms with E-state index in [1.807, 2.05) is 16.9 Å².